The van der Waals surface area contributed by atoms with Gasteiger partial charge in [0.25, 0.3) is 0 Å². The van der Waals surface area contributed by atoms with Crippen LogP contribution in [0.15, 0.2) is 35.0 Å². The van der Waals surface area contributed by atoms with Crippen molar-refractivity contribution in [3.05, 3.63) is 51.2 Å². The fourth-order valence-electron chi connectivity index (χ4n) is 1.44. The SMILES string of the molecule is COc1ccc(C(Br)c2ccsc2)c(Cl)c1. The van der Waals surface area contributed by atoms with Crippen LogP contribution in [0.4, 0.5) is 0 Å². The molecule has 0 bridgehead atoms. The van der Waals surface area contributed by atoms with Crippen LogP contribution in [-0.2, 0) is 0 Å². The fraction of sp³-hybridized carbons (Fsp3) is 0.167. The van der Waals surface area contributed by atoms with E-state index in [0.717, 1.165) is 11.3 Å². The summed E-state index contributed by atoms with van der Waals surface area (Å²) in [6.07, 6.45) is 0. The number of rotatable bonds is 3. The Morgan fingerprint density at radius 2 is 2.19 bits per heavy atom. The number of ether oxygens (including phenoxy) is 1. The molecule has 0 aliphatic heterocycles. The van der Waals surface area contributed by atoms with E-state index >= 15 is 0 Å². The second-order valence-electron chi connectivity index (χ2n) is 3.31. The maximum absolute atomic E-state index is 6.21. The van der Waals surface area contributed by atoms with E-state index in [1.165, 1.54) is 5.56 Å². The Morgan fingerprint density at radius 1 is 1.38 bits per heavy atom. The highest BCUT2D eigenvalue weighted by atomic mass is 79.9. The van der Waals surface area contributed by atoms with Crippen molar-refractivity contribution < 1.29 is 4.74 Å². The maximum atomic E-state index is 6.21. The van der Waals surface area contributed by atoms with E-state index in [2.05, 4.69) is 32.8 Å². The number of halogens is 2. The van der Waals surface area contributed by atoms with Gasteiger partial charge in [0.2, 0.25) is 0 Å². The zero-order chi connectivity index (χ0) is 11.5. The van der Waals surface area contributed by atoms with Crippen LogP contribution in [0.25, 0.3) is 0 Å². The molecule has 0 aliphatic rings. The second kappa shape index (κ2) is 5.21. The second-order valence-corrected chi connectivity index (χ2v) is 5.41. The van der Waals surface area contributed by atoms with Crippen molar-refractivity contribution in [3.8, 4) is 5.75 Å². The largest absolute Gasteiger partial charge is 0.497 e. The van der Waals surface area contributed by atoms with Gasteiger partial charge in [-0.25, -0.2) is 0 Å². The van der Waals surface area contributed by atoms with Gasteiger partial charge >= 0.3 is 0 Å². The van der Waals surface area contributed by atoms with E-state index < -0.39 is 0 Å². The summed E-state index contributed by atoms with van der Waals surface area (Å²) < 4.78 is 5.12. The molecule has 1 aromatic heterocycles. The van der Waals surface area contributed by atoms with Gasteiger partial charge < -0.3 is 4.74 Å². The summed E-state index contributed by atoms with van der Waals surface area (Å²) in [7, 11) is 1.63. The molecule has 2 aromatic rings. The molecule has 16 heavy (non-hydrogen) atoms. The topological polar surface area (TPSA) is 9.23 Å². The van der Waals surface area contributed by atoms with Crippen LogP contribution < -0.4 is 4.74 Å². The number of hydrogen-bond donors (Lipinski definition) is 0. The summed E-state index contributed by atoms with van der Waals surface area (Å²) >= 11 is 11.5. The highest BCUT2D eigenvalue weighted by molar-refractivity contribution is 9.09. The summed E-state index contributed by atoms with van der Waals surface area (Å²) in [5, 5.41) is 4.88. The highest BCUT2D eigenvalue weighted by Gasteiger charge is 2.14. The van der Waals surface area contributed by atoms with Crippen LogP contribution in [0.5, 0.6) is 5.75 Å². The monoisotopic (exact) mass is 316 g/mol. The number of methoxy groups -OCH3 is 1. The Bertz CT molecular complexity index is 470. The molecule has 0 radical (unpaired) electrons. The van der Waals surface area contributed by atoms with Crippen molar-refractivity contribution in [2.75, 3.05) is 7.11 Å². The first-order chi connectivity index (χ1) is 7.72. The Morgan fingerprint density at radius 3 is 2.75 bits per heavy atom. The summed E-state index contributed by atoms with van der Waals surface area (Å²) in [5.74, 6) is 0.777. The van der Waals surface area contributed by atoms with Gasteiger partial charge in [0, 0.05) is 5.02 Å². The predicted molar refractivity (Wildman–Crippen MR) is 73.1 cm³/mol. The average molecular weight is 318 g/mol. The normalized spacial score (nSPS) is 12.4. The average Bonchev–Trinajstić information content (AvgIpc) is 2.81. The van der Waals surface area contributed by atoms with Gasteiger partial charge in [-0.3, -0.25) is 0 Å². The first kappa shape index (κ1) is 12.0. The molecule has 1 heterocycles. The van der Waals surface area contributed by atoms with Gasteiger partial charge in [-0.05, 0) is 40.1 Å². The fourth-order valence-corrected chi connectivity index (χ4v) is 3.40. The molecule has 2 rings (SSSR count). The lowest BCUT2D eigenvalue weighted by Crippen LogP contribution is -1.92. The van der Waals surface area contributed by atoms with Gasteiger partial charge in [-0.2, -0.15) is 11.3 Å². The van der Waals surface area contributed by atoms with Crippen LogP contribution in [0, 0.1) is 0 Å². The van der Waals surface area contributed by atoms with E-state index in [9.17, 15) is 0 Å². The van der Waals surface area contributed by atoms with Gasteiger partial charge in [0.15, 0.2) is 0 Å². The van der Waals surface area contributed by atoms with Crippen LogP contribution in [0.3, 0.4) is 0 Å². The molecular weight excluding hydrogens is 308 g/mol. The Hall–Kier alpha value is -0.510. The third-order valence-electron chi connectivity index (χ3n) is 2.32. The first-order valence-corrected chi connectivity index (χ1v) is 6.95. The molecular formula is C12H10BrClOS. The molecule has 1 nitrogen and oxygen atoms in total. The first-order valence-electron chi connectivity index (χ1n) is 4.72. The van der Waals surface area contributed by atoms with Crippen LogP contribution in [0.1, 0.15) is 16.0 Å². The van der Waals surface area contributed by atoms with E-state index in [-0.39, 0.29) is 4.83 Å². The highest BCUT2D eigenvalue weighted by Crippen LogP contribution is 2.37. The summed E-state index contributed by atoms with van der Waals surface area (Å²) in [4.78, 5) is 0.136. The van der Waals surface area contributed by atoms with E-state index in [1.807, 2.05) is 18.2 Å². The molecule has 84 valence electrons. The van der Waals surface area contributed by atoms with E-state index in [1.54, 1.807) is 18.4 Å². The van der Waals surface area contributed by atoms with Crippen molar-refractivity contribution in [2.45, 2.75) is 4.83 Å². The van der Waals surface area contributed by atoms with Crippen molar-refractivity contribution in [1.82, 2.24) is 0 Å². The Balaban J connectivity index is 2.34. The van der Waals surface area contributed by atoms with Gasteiger partial charge in [-0.15, -0.1) is 0 Å². The zero-order valence-electron chi connectivity index (χ0n) is 8.61. The van der Waals surface area contributed by atoms with Crippen LogP contribution in [0.2, 0.25) is 5.02 Å². The van der Waals surface area contributed by atoms with E-state index in [4.69, 9.17) is 16.3 Å². The molecule has 0 saturated heterocycles. The molecule has 0 amide bonds. The maximum Gasteiger partial charge on any atom is 0.120 e. The number of hydrogen-bond acceptors (Lipinski definition) is 2. The molecule has 1 aromatic carbocycles. The molecule has 4 heteroatoms. The Kier molecular flexibility index (Phi) is 3.90. The standard InChI is InChI=1S/C12H10BrClOS/c1-15-9-2-3-10(11(14)6-9)12(13)8-4-5-16-7-8/h2-7,12H,1H3. The molecule has 1 unspecified atom stereocenters. The smallest absolute Gasteiger partial charge is 0.120 e. The molecule has 0 N–H and O–H groups in total. The summed E-state index contributed by atoms with van der Waals surface area (Å²) in [6, 6.07) is 7.82. The molecule has 0 spiro atoms. The van der Waals surface area contributed by atoms with E-state index in [0.29, 0.717) is 5.02 Å². The van der Waals surface area contributed by atoms with Crippen molar-refractivity contribution in [2.24, 2.45) is 0 Å². The lowest BCUT2D eigenvalue weighted by Gasteiger charge is -2.11. The van der Waals surface area contributed by atoms with Crippen LogP contribution in [-0.4, -0.2) is 7.11 Å². The third kappa shape index (κ3) is 2.42. The minimum atomic E-state index is 0.136. The van der Waals surface area contributed by atoms with Gasteiger partial charge in [0.1, 0.15) is 5.75 Å². The number of alkyl halides is 1. The molecule has 0 fully saturated rings. The van der Waals surface area contributed by atoms with Gasteiger partial charge in [0.05, 0.1) is 11.9 Å². The van der Waals surface area contributed by atoms with Crippen molar-refractivity contribution in [3.63, 3.8) is 0 Å². The number of thiophene rings is 1. The number of benzene rings is 1. The zero-order valence-corrected chi connectivity index (χ0v) is 11.8. The molecule has 0 aliphatic carbocycles. The summed E-state index contributed by atoms with van der Waals surface area (Å²) in [5.41, 5.74) is 2.28. The lowest BCUT2D eigenvalue weighted by molar-refractivity contribution is 0.414. The quantitative estimate of drug-likeness (QED) is 0.732. The Labute approximate surface area is 112 Å². The van der Waals surface area contributed by atoms with Crippen LogP contribution >= 0.6 is 38.9 Å². The minimum absolute atomic E-state index is 0.136. The summed E-state index contributed by atoms with van der Waals surface area (Å²) in [6.45, 7) is 0. The van der Waals surface area contributed by atoms with Crippen molar-refractivity contribution >= 4 is 38.9 Å². The molecule has 1 atom stereocenters. The lowest BCUT2D eigenvalue weighted by atomic mass is 10.1. The van der Waals surface area contributed by atoms with Gasteiger partial charge in [-0.1, -0.05) is 33.6 Å². The van der Waals surface area contributed by atoms with Crippen molar-refractivity contribution in [1.29, 1.82) is 0 Å². The third-order valence-corrected chi connectivity index (χ3v) is 4.37. The predicted octanol–water partition coefficient (Wildman–Crippen LogP) is 4.89. The molecule has 0 saturated carbocycles. The minimum Gasteiger partial charge on any atom is -0.497 e.